The topological polar surface area (TPSA) is 40.6 Å². The van der Waals surface area contributed by atoms with Crippen LogP contribution in [-0.2, 0) is 9.59 Å². The summed E-state index contributed by atoms with van der Waals surface area (Å²) in [6, 6.07) is 24.5. The van der Waals surface area contributed by atoms with Gasteiger partial charge in [-0.1, -0.05) is 60.7 Å². The van der Waals surface area contributed by atoms with E-state index in [0.717, 1.165) is 33.6 Å². The molecule has 4 nitrogen and oxygen atoms in total. The summed E-state index contributed by atoms with van der Waals surface area (Å²) >= 11 is 0. The molecule has 1 aliphatic heterocycles. The standard InChI is InChI=1S/C27H26N2O2/c1-19-14-15-24(17-20(19)2)28-18-25(30)29(23-12-8-5-9-13-23)26(27(28)31)21(3)16-22-10-6-4-7-11-22/h4-17,26H,18H2,1-3H3/b21-16+/t26-/m1/s1. The minimum absolute atomic E-state index is 0.0192. The Morgan fingerprint density at radius 3 is 2.13 bits per heavy atom. The molecule has 4 heteroatoms. The maximum atomic E-state index is 13.8. The van der Waals surface area contributed by atoms with Crippen molar-refractivity contribution in [1.29, 1.82) is 0 Å². The van der Waals surface area contributed by atoms with E-state index >= 15 is 0 Å². The minimum Gasteiger partial charge on any atom is -0.301 e. The van der Waals surface area contributed by atoms with Gasteiger partial charge in [0.05, 0.1) is 0 Å². The maximum absolute atomic E-state index is 13.8. The smallest absolute Gasteiger partial charge is 0.254 e. The van der Waals surface area contributed by atoms with Gasteiger partial charge in [0.2, 0.25) is 5.91 Å². The number of hydrogen-bond acceptors (Lipinski definition) is 2. The van der Waals surface area contributed by atoms with Crippen LogP contribution in [0, 0.1) is 13.8 Å². The zero-order valence-electron chi connectivity index (χ0n) is 18.1. The summed E-state index contributed by atoms with van der Waals surface area (Å²) in [5, 5.41) is 0. The molecule has 4 rings (SSSR count). The van der Waals surface area contributed by atoms with Crippen molar-refractivity contribution in [3.05, 3.63) is 101 Å². The lowest BCUT2D eigenvalue weighted by Gasteiger charge is -2.41. The lowest BCUT2D eigenvalue weighted by molar-refractivity contribution is -0.127. The second-order valence-corrected chi connectivity index (χ2v) is 7.99. The van der Waals surface area contributed by atoms with Crippen LogP contribution >= 0.6 is 0 Å². The van der Waals surface area contributed by atoms with Gasteiger partial charge in [-0.3, -0.25) is 14.5 Å². The summed E-state index contributed by atoms with van der Waals surface area (Å²) in [5.74, 6) is -0.203. The monoisotopic (exact) mass is 410 g/mol. The number of rotatable bonds is 4. The van der Waals surface area contributed by atoms with E-state index in [1.54, 1.807) is 9.80 Å². The van der Waals surface area contributed by atoms with Gasteiger partial charge >= 0.3 is 0 Å². The van der Waals surface area contributed by atoms with Crippen LogP contribution in [0.15, 0.2) is 84.4 Å². The molecule has 1 heterocycles. The fraction of sp³-hybridized carbons (Fsp3) is 0.185. The van der Waals surface area contributed by atoms with Crippen molar-refractivity contribution in [3.8, 4) is 0 Å². The van der Waals surface area contributed by atoms with E-state index in [-0.39, 0.29) is 18.4 Å². The molecular weight excluding hydrogens is 384 g/mol. The molecule has 1 fully saturated rings. The second-order valence-electron chi connectivity index (χ2n) is 7.99. The van der Waals surface area contributed by atoms with E-state index in [0.29, 0.717) is 0 Å². The van der Waals surface area contributed by atoms with Crippen LogP contribution in [0.4, 0.5) is 11.4 Å². The highest BCUT2D eigenvalue weighted by molar-refractivity contribution is 6.15. The zero-order chi connectivity index (χ0) is 22.0. The van der Waals surface area contributed by atoms with Gasteiger partial charge in [0, 0.05) is 11.4 Å². The fourth-order valence-corrected chi connectivity index (χ4v) is 3.97. The first-order chi connectivity index (χ1) is 15.0. The third-order valence-electron chi connectivity index (χ3n) is 5.78. The third kappa shape index (κ3) is 4.15. The summed E-state index contributed by atoms with van der Waals surface area (Å²) in [5.41, 5.74) is 5.55. The number of carbonyl (C=O) groups is 2. The Morgan fingerprint density at radius 1 is 0.839 bits per heavy atom. The van der Waals surface area contributed by atoms with Crippen LogP contribution in [0.2, 0.25) is 0 Å². The predicted molar refractivity (Wildman–Crippen MR) is 126 cm³/mol. The first kappa shape index (κ1) is 20.6. The summed E-state index contributed by atoms with van der Waals surface area (Å²) < 4.78 is 0. The summed E-state index contributed by atoms with van der Waals surface area (Å²) in [4.78, 5) is 30.4. The molecule has 1 saturated heterocycles. The number of anilines is 2. The largest absolute Gasteiger partial charge is 0.301 e. The highest BCUT2D eigenvalue weighted by Gasteiger charge is 2.41. The average molecular weight is 411 g/mol. The molecule has 1 aliphatic rings. The van der Waals surface area contributed by atoms with Gasteiger partial charge in [-0.25, -0.2) is 0 Å². The van der Waals surface area contributed by atoms with Gasteiger partial charge in [0.25, 0.3) is 5.91 Å². The lowest BCUT2D eigenvalue weighted by Crippen LogP contribution is -2.61. The van der Waals surface area contributed by atoms with E-state index in [4.69, 9.17) is 0 Å². The summed E-state index contributed by atoms with van der Waals surface area (Å²) in [7, 11) is 0. The number of benzene rings is 3. The van der Waals surface area contributed by atoms with Crippen molar-refractivity contribution in [2.24, 2.45) is 0 Å². The van der Waals surface area contributed by atoms with Crippen LogP contribution in [0.3, 0.4) is 0 Å². The second kappa shape index (κ2) is 8.60. The van der Waals surface area contributed by atoms with Gasteiger partial charge < -0.3 is 4.90 Å². The first-order valence-corrected chi connectivity index (χ1v) is 10.4. The Labute approximate surface area is 183 Å². The van der Waals surface area contributed by atoms with Gasteiger partial charge in [-0.15, -0.1) is 0 Å². The summed E-state index contributed by atoms with van der Waals surface area (Å²) in [6.07, 6.45) is 1.98. The van der Waals surface area contributed by atoms with Gasteiger partial charge in [0.1, 0.15) is 12.6 Å². The van der Waals surface area contributed by atoms with E-state index in [9.17, 15) is 9.59 Å². The number of carbonyl (C=O) groups excluding carboxylic acids is 2. The molecule has 156 valence electrons. The van der Waals surface area contributed by atoms with Crippen molar-refractivity contribution < 1.29 is 9.59 Å². The Balaban J connectivity index is 1.79. The number of hydrogen-bond donors (Lipinski definition) is 0. The van der Waals surface area contributed by atoms with E-state index < -0.39 is 6.04 Å². The van der Waals surface area contributed by atoms with Crippen LogP contribution in [0.1, 0.15) is 23.6 Å². The lowest BCUT2D eigenvalue weighted by atomic mass is 9.98. The number of piperazine rings is 1. The highest BCUT2D eigenvalue weighted by Crippen LogP contribution is 2.30. The Morgan fingerprint density at radius 2 is 1.48 bits per heavy atom. The molecule has 0 aromatic heterocycles. The Kier molecular flexibility index (Phi) is 5.72. The van der Waals surface area contributed by atoms with Crippen LogP contribution in [0.25, 0.3) is 6.08 Å². The number of aryl methyl sites for hydroxylation is 2. The molecule has 0 unspecified atom stereocenters. The number of nitrogens with zero attached hydrogens (tertiary/aromatic N) is 2. The average Bonchev–Trinajstić information content (AvgIpc) is 2.78. The van der Waals surface area contributed by atoms with Crippen LogP contribution < -0.4 is 9.80 Å². The Hall–Kier alpha value is -3.66. The molecule has 0 N–H and O–H groups in total. The molecule has 31 heavy (non-hydrogen) atoms. The number of para-hydroxylation sites is 1. The van der Waals surface area contributed by atoms with Crippen molar-refractivity contribution in [1.82, 2.24) is 0 Å². The van der Waals surface area contributed by atoms with Crippen molar-refractivity contribution in [2.45, 2.75) is 26.8 Å². The predicted octanol–water partition coefficient (Wildman–Crippen LogP) is 5.16. The Bertz CT molecular complexity index is 1140. The van der Waals surface area contributed by atoms with Gasteiger partial charge in [-0.05, 0) is 67.3 Å². The SMILES string of the molecule is C/C(=C\c1ccccc1)[C@@H]1C(=O)N(c2ccc(C)c(C)c2)CC(=O)N1c1ccccc1. The number of amides is 2. The molecule has 3 aromatic rings. The van der Waals surface area contributed by atoms with Crippen molar-refractivity contribution in [2.75, 3.05) is 16.3 Å². The molecule has 1 atom stereocenters. The minimum atomic E-state index is -0.703. The molecule has 2 amide bonds. The molecule has 0 radical (unpaired) electrons. The molecule has 0 aliphatic carbocycles. The summed E-state index contributed by atoms with van der Waals surface area (Å²) in [6.45, 7) is 5.99. The zero-order valence-corrected chi connectivity index (χ0v) is 18.1. The molecule has 3 aromatic carbocycles. The molecule has 0 saturated carbocycles. The van der Waals surface area contributed by atoms with Crippen LogP contribution in [-0.4, -0.2) is 24.4 Å². The maximum Gasteiger partial charge on any atom is 0.254 e. The van der Waals surface area contributed by atoms with Crippen molar-refractivity contribution in [3.63, 3.8) is 0 Å². The highest BCUT2D eigenvalue weighted by atomic mass is 16.2. The van der Waals surface area contributed by atoms with Gasteiger partial charge in [-0.2, -0.15) is 0 Å². The first-order valence-electron chi connectivity index (χ1n) is 10.4. The fourth-order valence-electron chi connectivity index (χ4n) is 3.97. The van der Waals surface area contributed by atoms with E-state index in [1.165, 1.54) is 0 Å². The molecular formula is C27H26N2O2. The molecule has 0 bridgehead atoms. The normalized spacial score (nSPS) is 17.3. The van der Waals surface area contributed by atoms with E-state index in [1.807, 2.05) is 106 Å². The third-order valence-corrected chi connectivity index (χ3v) is 5.78. The van der Waals surface area contributed by atoms with E-state index in [2.05, 4.69) is 0 Å². The van der Waals surface area contributed by atoms with Crippen molar-refractivity contribution >= 4 is 29.3 Å². The quantitative estimate of drug-likeness (QED) is 0.596. The molecule has 0 spiro atoms. The van der Waals surface area contributed by atoms with Crippen LogP contribution in [0.5, 0.6) is 0 Å². The van der Waals surface area contributed by atoms with Gasteiger partial charge in [0.15, 0.2) is 0 Å².